The molecule has 0 N–H and O–H groups in total. The molecule has 0 saturated heterocycles. The molecule has 2 rings (SSSR count). The molecule has 0 aliphatic rings. The van der Waals surface area contributed by atoms with Gasteiger partial charge in [0, 0.05) is 0 Å². The predicted molar refractivity (Wildman–Crippen MR) is 81.3 cm³/mol. The van der Waals surface area contributed by atoms with E-state index in [-0.39, 0.29) is 17.2 Å². The highest BCUT2D eigenvalue weighted by molar-refractivity contribution is 7.10. The molecule has 0 unspecified atom stereocenters. The fourth-order valence-corrected chi connectivity index (χ4v) is 2.65. The molecule has 0 aliphatic heterocycles. The number of aromatic nitrogens is 1. The van der Waals surface area contributed by atoms with Gasteiger partial charge in [-0.3, -0.25) is 0 Å². The first-order valence-corrected chi connectivity index (χ1v) is 7.51. The number of rotatable bonds is 3. The molecule has 0 aliphatic carbocycles. The molecule has 0 radical (unpaired) electrons. The first kappa shape index (κ1) is 15.3. The molecule has 0 amide bonds. The van der Waals surface area contributed by atoms with Crippen LogP contribution in [0.25, 0.3) is 0 Å². The van der Waals surface area contributed by atoms with E-state index in [0.717, 1.165) is 16.9 Å². The topological polar surface area (TPSA) is 22.1 Å². The highest BCUT2D eigenvalue weighted by Crippen LogP contribution is 2.31. The van der Waals surface area contributed by atoms with Gasteiger partial charge < -0.3 is 4.74 Å². The van der Waals surface area contributed by atoms with Crippen LogP contribution in [0.15, 0.2) is 18.2 Å². The summed E-state index contributed by atoms with van der Waals surface area (Å²) in [6.45, 7) is 8.24. The average Bonchev–Trinajstić information content (AvgIpc) is 2.66. The second-order valence-electron chi connectivity index (χ2n) is 5.65. The van der Waals surface area contributed by atoms with Gasteiger partial charge in [-0.05, 0) is 30.0 Å². The molecular formula is C15H17ClFNOS. The van der Waals surface area contributed by atoms with Crippen molar-refractivity contribution in [3.8, 4) is 5.75 Å². The van der Waals surface area contributed by atoms with Crippen LogP contribution in [0.2, 0.25) is 5.02 Å². The molecule has 0 fully saturated rings. The van der Waals surface area contributed by atoms with Gasteiger partial charge in [0.15, 0.2) is 5.13 Å². The Balaban J connectivity index is 2.10. The Hall–Kier alpha value is -1.13. The zero-order valence-electron chi connectivity index (χ0n) is 12.0. The standard InChI is InChI=1S/C15H17ClFNOS/c1-9-14(17)20-13(18-9)8-19-12-6-5-10(7-11(12)16)15(2,3)4/h5-7H,8H2,1-4H3. The second kappa shape index (κ2) is 5.70. The molecule has 0 spiro atoms. The van der Waals surface area contributed by atoms with Crippen molar-refractivity contribution >= 4 is 22.9 Å². The third-order valence-electron chi connectivity index (χ3n) is 2.93. The maximum atomic E-state index is 13.2. The molecular weight excluding hydrogens is 297 g/mol. The van der Waals surface area contributed by atoms with Crippen LogP contribution < -0.4 is 4.74 Å². The van der Waals surface area contributed by atoms with Crippen molar-refractivity contribution in [3.63, 3.8) is 0 Å². The second-order valence-corrected chi connectivity index (χ2v) is 7.09. The molecule has 1 heterocycles. The van der Waals surface area contributed by atoms with E-state index in [0.29, 0.717) is 21.5 Å². The largest absolute Gasteiger partial charge is 0.485 e. The van der Waals surface area contributed by atoms with Crippen molar-refractivity contribution in [3.05, 3.63) is 44.6 Å². The van der Waals surface area contributed by atoms with Crippen LogP contribution in [0.3, 0.4) is 0 Å². The van der Waals surface area contributed by atoms with E-state index < -0.39 is 0 Å². The molecule has 1 aromatic carbocycles. The molecule has 108 valence electrons. The van der Waals surface area contributed by atoms with Gasteiger partial charge in [-0.1, -0.05) is 49.8 Å². The lowest BCUT2D eigenvalue weighted by Gasteiger charge is -2.20. The molecule has 2 aromatic rings. The summed E-state index contributed by atoms with van der Waals surface area (Å²) in [4.78, 5) is 4.09. The van der Waals surface area contributed by atoms with Crippen molar-refractivity contribution in [1.29, 1.82) is 0 Å². The summed E-state index contributed by atoms with van der Waals surface area (Å²) in [6, 6.07) is 5.75. The maximum absolute atomic E-state index is 13.2. The highest BCUT2D eigenvalue weighted by Gasteiger charge is 2.16. The van der Waals surface area contributed by atoms with Crippen LogP contribution in [0.5, 0.6) is 5.75 Å². The minimum Gasteiger partial charge on any atom is -0.485 e. The quantitative estimate of drug-likeness (QED) is 0.784. The summed E-state index contributed by atoms with van der Waals surface area (Å²) < 4.78 is 18.8. The Bertz CT molecular complexity index is 599. The van der Waals surface area contributed by atoms with Crippen LogP contribution >= 0.6 is 22.9 Å². The van der Waals surface area contributed by atoms with Crippen LogP contribution in [-0.4, -0.2) is 4.98 Å². The van der Waals surface area contributed by atoms with Gasteiger partial charge in [0.25, 0.3) is 0 Å². The summed E-state index contributed by atoms with van der Waals surface area (Å²) in [5, 5.41) is 0.903. The number of aryl methyl sites for hydroxylation is 1. The molecule has 1 aromatic heterocycles. The minimum absolute atomic E-state index is 0.0394. The zero-order chi connectivity index (χ0) is 14.9. The third kappa shape index (κ3) is 3.49. The summed E-state index contributed by atoms with van der Waals surface area (Å²) in [7, 11) is 0. The summed E-state index contributed by atoms with van der Waals surface area (Å²) >= 11 is 7.22. The molecule has 5 heteroatoms. The van der Waals surface area contributed by atoms with Crippen molar-refractivity contribution < 1.29 is 9.13 Å². The summed E-state index contributed by atoms with van der Waals surface area (Å²) in [6.07, 6.45) is 0. The van der Waals surface area contributed by atoms with Crippen molar-refractivity contribution in [2.45, 2.75) is 39.7 Å². The van der Waals surface area contributed by atoms with Crippen LogP contribution in [0.1, 0.15) is 37.0 Å². The zero-order valence-corrected chi connectivity index (χ0v) is 13.5. The average molecular weight is 314 g/mol. The molecule has 0 atom stereocenters. The van der Waals surface area contributed by atoms with E-state index in [1.807, 2.05) is 18.2 Å². The number of halogens is 2. The van der Waals surface area contributed by atoms with E-state index in [1.54, 1.807) is 6.92 Å². The van der Waals surface area contributed by atoms with Crippen molar-refractivity contribution in [2.24, 2.45) is 0 Å². The van der Waals surface area contributed by atoms with E-state index in [1.165, 1.54) is 0 Å². The number of nitrogens with zero attached hydrogens (tertiary/aromatic N) is 1. The van der Waals surface area contributed by atoms with E-state index in [4.69, 9.17) is 16.3 Å². The highest BCUT2D eigenvalue weighted by atomic mass is 35.5. The van der Waals surface area contributed by atoms with Crippen LogP contribution in [0, 0.1) is 12.1 Å². The van der Waals surface area contributed by atoms with Crippen LogP contribution in [0.4, 0.5) is 4.39 Å². The van der Waals surface area contributed by atoms with Gasteiger partial charge in [-0.2, -0.15) is 4.39 Å². The summed E-state index contributed by atoms with van der Waals surface area (Å²) in [5.74, 6) is 0.591. The Morgan fingerprint density at radius 1 is 1.35 bits per heavy atom. The van der Waals surface area contributed by atoms with Crippen molar-refractivity contribution in [1.82, 2.24) is 4.98 Å². The van der Waals surface area contributed by atoms with Gasteiger partial charge >= 0.3 is 0 Å². The minimum atomic E-state index is -0.266. The Kier molecular flexibility index (Phi) is 4.35. The molecule has 2 nitrogen and oxygen atoms in total. The lowest BCUT2D eigenvalue weighted by Crippen LogP contribution is -2.10. The van der Waals surface area contributed by atoms with Gasteiger partial charge in [0.2, 0.25) is 0 Å². The summed E-state index contributed by atoms with van der Waals surface area (Å²) in [5.41, 5.74) is 1.59. The molecule has 20 heavy (non-hydrogen) atoms. The normalized spacial score (nSPS) is 11.7. The van der Waals surface area contributed by atoms with E-state index in [2.05, 4.69) is 25.8 Å². The lowest BCUT2D eigenvalue weighted by molar-refractivity contribution is 0.305. The maximum Gasteiger partial charge on any atom is 0.199 e. The number of ether oxygens (including phenoxy) is 1. The van der Waals surface area contributed by atoms with Crippen molar-refractivity contribution in [2.75, 3.05) is 0 Å². The lowest BCUT2D eigenvalue weighted by atomic mass is 9.87. The number of benzene rings is 1. The predicted octanol–water partition coefficient (Wildman–Crippen LogP) is 5.12. The fourth-order valence-electron chi connectivity index (χ4n) is 1.72. The van der Waals surface area contributed by atoms with Gasteiger partial charge in [0.05, 0.1) is 10.7 Å². The Morgan fingerprint density at radius 2 is 2.05 bits per heavy atom. The Labute approximate surface area is 127 Å². The monoisotopic (exact) mass is 313 g/mol. The Morgan fingerprint density at radius 3 is 2.55 bits per heavy atom. The smallest absolute Gasteiger partial charge is 0.199 e. The van der Waals surface area contributed by atoms with Gasteiger partial charge in [-0.25, -0.2) is 4.98 Å². The number of thiazole rings is 1. The number of hydrogen-bond donors (Lipinski definition) is 0. The SMILES string of the molecule is Cc1nc(COc2ccc(C(C)(C)C)cc2Cl)sc1F. The van der Waals surface area contributed by atoms with Crippen LogP contribution in [-0.2, 0) is 12.0 Å². The molecule has 0 bridgehead atoms. The van der Waals surface area contributed by atoms with Gasteiger partial charge in [0.1, 0.15) is 17.4 Å². The first-order valence-electron chi connectivity index (χ1n) is 6.32. The van der Waals surface area contributed by atoms with E-state index >= 15 is 0 Å². The van der Waals surface area contributed by atoms with Gasteiger partial charge in [-0.15, -0.1) is 0 Å². The third-order valence-corrected chi connectivity index (χ3v) is 4.15. The van der Waals surface area contributed by atoms with E-state index in [9.17, 15) is 4.39 Å². The number of hydrogen-bond acceptors (Lipinski definition) is 3. The first-order chi connectivity index (χ1) is 9.27. The fraction of sp³-hybridized carbons (Fsp3) is 0.400. The molecule has 0 saturated carbocycles.